The minimum atomic E-state index is -4.37. The molecule has 11 heterocycles. The van der Waals surface area contributed by atoms with Crippen molar-refractivity contribution in [3.8, 4) is 67.2 Å². The lowest BCUT2D eigenvalue weighted by Gasteiger charge is -2.28. The Morgan fingerprint density at radius 2 is 0.726 bits per heavy atom. The van der Waals surface area contributed by atoms with Crippen LogP contribution in [0, 0.1) is 56.0 Å². The summed E-state index contributed by atoms with van der Waals surface area (Å²) in [6.45, 7) is 12.3. The molecule has 6 aromatic heterocycles. The third-order valence-electron chi connectivity index (χ3n) is 20.5. The number of aromatic nitrogens is 9. The van der Waals surface area contributed by atoms with E-state index < -0.39 is 78.9 Å². The van der Waals surface area contributed by atoms with E-state index in [1.165, 1.54) is 30.3 Å². The van der Waals surface area contributed by atoms with Crippen molar-refractivity contribution in [3.05, 3.63) is 144 Å². The summed E-state index contributed by atoms with van der Waals surface area (Å²) in [5.41, 5.74) is 17.3. The number of pyridine rings is 3. The van der Waals surface area contributed by atoms with Crippen LogP contribution in [0.5, 0.6) is 0 Å². The number of amides is 4. The number of carbonyl (C=O) groups excluding carboxylic acids is 2. The third kappa shape index (κ3) is 21.0. The molecular weight excluding hydrogens is 1520 g/mol. The number of morpholine rings is 3. The molecule has 0 radical (unpaired) electrons. The van der Waals surface area contributed by atoms with Crippen LogP contribution in [-0.2, 0) is 35.4 Å². The van der Waals surface area contributed by atoms with Crippen LogP contribution in [0.3, 0.4) is 0 Å². The van der Waals surface area contributed by atoms with Crippen LogP contribution in [0.1, 0.15) is 55.2 Å². The lowest BCUT2D eigenvalue weighted by molar-refractivity contribution is -0.172. The van der Waals surface area contributed by atoms with Crippen molar-refractivity contribution in [2.24, 2.45) is 38.9 Å². The molecule has 35 heteroatoms. The fourth-order valence-electron chi connectivity index (χ4n) is 14.2. The third-order valence-corrected chi connectivity index (χ3v) is 20.5. The van der Waals surface area contributed by atoms with Crippen LogP contribution in [0.2, 0.25) is 0 Å². The van der Waals surface area contributed by atoms with Crippen LogP contribution in [0.25, 0.3) is 67.2 Å². The van der Waals surface area contributed by atoms with E-state index in [1.54, 1.807) is 52.5 Å². The monoisotopic (exact) mass is 1610 g/mol. The zero-order valence-electron chi connectivity index (χ0n) is 63.0. The first-order valence-electron chi connectivity index (χ1n) is 36.8. The number of nitrogen functional groups attached to an aromatic ring is 1. The van der Waals surface area contributed by atoms with Crippen LogP contribution >= 0.6 is 12.4 Å². The molecule has 4 N–H and O–H groups in total. The molecule has 4 amide bonds. The summed E-state index contributed by atoms with van der Waals surface area (Å²) in [6.07, 6.45) is 0.0518. The van der Waals surface area contributed by atoms with Gasteiger partial charge >= 0.3 is 30.6 Å². The normalized spacial score (nSPS) is 17.6. The van der Waals surface area contributed by atoms with Crippen molar-refractivity contribution in [2.45, 2.75) is 77.8 Å². The Morgan fingerprint density at radius 3 is 1.01 bits per heavy atom. The Kier molecular flexibility index (Phi) is 26.6. The highest BCUT2D eigenvalue weighted by molar-refractivity contribution is 5.92. The van der Waals surface area contributed by atoms with Gasteiger partial charge in [0, 0.05) is 122 Å². The summed E-state index contributed by atoms with van der Waals surface area (Å²) in [5, 5.41) is 17.7. The quantitative estimate of drug-likeness (QED) is 0.0810. The number of nitrogens with zero attached hydrogens (tertiary/aromatic N) is 14. The number of hydrogen-bond donors (Lipinski definition) is 3. The predicted molar refractivity (Wildman–Crippen MR) is 408 cm³/mol. The molecule has 1 aliphatic carbocycles. The smallest absolute Gasteiger partial charge is 0.393 e. The van der Waals surface area contributed by atoms with Gasteiger partial charge < -0.3 is 55.1 Å². The van der Waals surface area contributed by atoms with Gasteiger partial charge in [0.25, 0.3) is 0 Å². The van der Waals surface area contributed by atoms with Crippen molar-refractivity contribution in [1.82, 2.24) is 54.1 Å². The number of alkyl halides is 9. The van der Waals surface area contributed by atoms with Gasteiger partial charge in [-0.05, 0) is 169 Å². The summed E-state index contributed by atoms with van der Waals surface area (Å²) >= 11 is 0. The number of halogens is 13. The zero-order chi connectivity index (χ0) is 79.9. The Bertz CT molecular complexity index is 4600. The van der Waals surface area contributed by atoms with E-state index in [9.17, 15) is 62.3 Å². The molecule has 3 aromatic carbocycles. The van der Waals surface area contributed by atoms with E-state index in [1.807, 2.05) is 83.1 Å². The molecule has 0 spiro atoms. The molecule has 2 atom stereocenters. The number of nitrogens with one attached hydrogen (secondary N) is 2. The average molecular weight is 1610 g/mol. The number of anilines is 6. The molecule has 0 bridgehead atoms. The number of hydrogen-bond acceptors (Lipinski definition) is 15. The molecule has 606 valence electrons. The topological polar surface area (TPSA) is 220 Å². The largest absolute Gasteiger partial charge is 0.396 e. The second-order valence-electron chi connectivity index (χ2n) is 28.6. The van der Waals surface area contributed by atoms with Gasteiger partial charge in [0.15, 0.2) is 0 Å². The summed E-state index contributed by atoms with van der Waals surface area (Å²) in [5.74, 6) is -3.53. The predicted octanol–water partition coefficient (Wildman–Crippen LogP) is 15.9. The summed E-state index contributed by atoms with van der Waals surface area (Å²) in [7, 11) is 5.50. The molecule has 22 nitrogen and oxygen atoms in total. The number of urea groups is 2. The summed E-state index contributed by atoms with van der Waals surface area (Å²) < 4.78 is 179. The van der Waals surface area contributed by atoms with Gasteiger partial charge in [0.1, 0.15) is 34.9 Å². The van der Waals surface area contributed by atoms with Crippen LogP contribution in [0.4, 0.5) is 96.8 Å². The number of aryl methyl sites for hydroxylation is 6. The van der Waals surface area contributed by atoms with Crippen LogP contribution in [-0.4, -0.2) is 190 Å². The van der Waals surface area contributed by atoms with Gasteiger partial charge in [0.2, 0.25) is 0 Å². The van der Waals surface area contributed by atoms with Gasteiger partial charge in [0.05, 0.1) is 110 Å². The second kappa shape index (κ2) is 35.9. The standard InChI is InChI=1S/2C26H28F4N6O2.C20H22FN5O.C6H9F3.ClH/c2*1-16-9-21(27)23(33-25(37)36-4-3-19(15-36)26(28,29)30)12-20(16)17-10-22(18-13-31-34(2)14-18)32-24(11-17)35-5-7-38-8-6-35;1-13-7-17(21)18(22)10-16(13)14-8-19(15-11-23-25(2)12-15)24-20(9-14)26-3-5-27-6-4-26;7-6(8,9)5-3-1-2-4-5;/h2*9-14,19H,3-8,15H2,1-2H3,(H,33,37);7-12H,3-6,22H2,1-2H3;5H,1-4H2;1H/t19-;;;;/m1..../s1. The zero-order valence-corrected chi connectivity index (χ0v) is 63.8. The molecule has 5 aliphatic heterocycles. The Morgan fingerprint density at radius 1 is 0.416 bits per heavy atom. The van der Waals surface area contributed by atoms with Crippen LogP contribution < -0.4 is 31.1 Å². The Hall–Kier alpha value is -10.2. The number of carbonyl (C=O) groups is 2. The van der Waals surface area contributed by atoms with E-state index >= 15 is 0 Å². The van der Waals surface area contributed by atoms with Crippen LogP contribution in [0.15, 0.2) is 110 Å². The molecule has 1 unspecified atom stereocenters. The molecule has 113 heavy (non-hydrogen) atoms. The van der Waals surface area contributed by atoms with Gasteiger partial charge in [-0.3, -0.25) is 14.0 Å². The summed E-state index contributed by atoms with van der Waals surface area (Å²) in [4.78, 5) is 48.5. The maximum absolute atomic E-state index is 14.9. The number of benzene rings is 3. The molecule has 5 saturated heterocycles. The Balaban J connectivity index is 0.000000159. The first-order chi connectivity index (χ1) is 53.3. The molecular formula is C78H88ClF12N17O5. The molecule has 6 aliphatic rings. The average Bonchev–Trinajstić information content (AvgIpc) is 1.37. The highest BCUT2D eigenvalue weighted by Gasteiger charge is 2.46. The SMILES string of the molecule is Cc1cc(F)c(N)cc1-c1cc(-c2cnn(C)c2)nc(N2CCOCC2)c1.Cc1cc(F)c(NC(=O)N2CCC(C(F)(F)F)C2)cc1-c1cc(-c2cnn(C)c2)nc(N2CCOCC2)c1.Cc1cc(F)c(NC(=O)N2CC[C@@H](C(F)(F)F)C2)cc1-c1cc(-c2cnn(C)c2)nc(N2CCOCC2)c1.Cl.FC(F)(F)C1CCCC1. The maximum atomic E-state index is 14.9. The summed E-state index contributed by atoms with van der Waals surface area (Å²) in [6, 6.07) is 18.9. The van der Waals surface area contributed by atoms with Crippen molar-refractivity contribution < 1.29 is 76.5 Å². The Labute approximate surface area is 651 Å². The lowest BCUT2D eigenvalue weighted by Crippen LogP contribution is -2.36. The van der Waals surface area contributed by atoms with E-state index in [4.69, 9.17) is 34.9 Å². The van der Waals surface area contributed by atoms with Gasteiger partial charge in [-0.25, -0.2) is 37.7 Å². The first-order valence-corrected chi connectivity index (χ1v) is 36.8. The van der Waals surface area contributed by atoms with Gasteiger partial charge in [-0.2, -0.15) is 54.8 Å². The van der Waals surface area contributed by atoms with E-state index in [-0.39, 0.29) is 55.4 Å². The molecule has 15 rings (SSSR count). The van der Waals surface area contributed by atoms with Crippen molar-refractivity contribution in [1.29, 1.82) is 0 Å². The van der Waals surface area contributed by atoms with Gasteiger partial charge in [-0.15, -0.1) is 12.4 Å². The minimum Gasteiger partial charge on any atom is -0.396 e. The highest BCUT2D eigenvalue weighted by Crippen LogP contribution is 2.42. The second-order valence-corrected chi connectivity index (χ2v) is 28.6. The van der Waals surface area contributed by atoms with E-state index in [0.717, 1.165) is 103 Å². The van der Waals surface area contributed by atoms with E-state index in [0.29, 0.717) is 112 Å². The number of rotatable bonds is 11. The highest BCUT2D eigenvalue weighted by atomic mass is 35.5. The molecule has 6 fully saturated rings. The maximum Gasteiger partial charge on any atom is 0.393 e. The van der Waals surface area contributed by atoms with Gasteiger partial charge in [-0.1, -0.05) is 12.8 Å². The fraction of sp³-hybridized carbons (Fsp3) is 0.436. The fourth-order valence-corrected chi connectivity index (χ4v) is 14.2. The van der Waals surface area contributed by atoms with Crippen molar-refractivity contribution >= 4 is 59.0 Å². The first kappa shape index (κ1) is 83.7. The number of ether oxygens (including phenoxy) is 3. The number of nitrogens with two attached hydrogens (primary N) is 1. The molecule has 9 aromatic rings. The minimum absolute atomic E-state index is 0. The van der Waals surface area contributed by atoms with Crippen molar-refractivity contribution in [2.75, 3.05) is 136 Å². The molecule has 1 saturated carbocycles. The van der Waals surface area contributed by atoms with E-state index in [2.05, 4.69) is 40.6 Å². The number of likely N-dealkylation sites (tertiary alicyclic amines) is 2. The van der Waals surface area contributed by atoms with Crippen molar-refractivity contribution in [3.63, 3.8) is 0 Å². The lowest BCUT2D eigenvalue weighted by atomic mass is 9.98.